The smallest absolute Gasteiger partial charge is 0.135 e. The van der Waals surface area contributed by atoms with E-state index in [1.807, 2.05) is 25.1 Å². The summed E-state index contributed by atoms with van der Waals surface area (Å²) in [6.45, 7) is 2.19. The van der Waals surface area contributed by atoms with E-state index in [1.165, 1.54) is 6.26 Å². The first-order valence-corrected chi connectivity index (χ1v) is 5.51. The molecule has 0 aliphatic heterocycles. The molecule has 0 radical (unpaired) electrons. The monoisotopic (exact) mass is 243 g/mol. The second kappa shape index (κ2) is 5.89. The van der Waals surface area contributed by atoms with Gasteiger partial charge in [0.25, 0.3) is 0 Å². The average molecular weight is 243 g/mol. The van der Waals surface area contributed by atoms with Gasteiger partial charge in [0, 0.05) is 5.56 Å². The van der Waals surface area contributed by atoms with Crippen LogP contribution in [0.3, 0.4) is 0 Å². The molecule has 0 fully saturated rings. The van der Waals surface area contributed by atoms with Crippen LogP contribution in [0.2, 0.25) is 0 Å². The molecule has 1 heterocycles. The number of hydrogen-bond acceptors (Lipinski definition) is 4. The minimum Gasteiger partial charge on any atom is -0.487 e. The first-order chi connectivity index (χ1) is 8.79. The van der Waals surface area contributed by atoms with Crippen molar-refractivity contribution in [2.45, 2.75) is 13.5 Å². The van der Waals surface area contributed by atoms with Crippen LogP contribution in [0.4, 0.5) is 0 Å². The first kappa shape index (κ1) is 12.2. The van der Waals surface area contributed by atoms with Gasteiger partial charge < -0.3 is 14.4 Å². The van der Waals surface area contributed by atoms with Crippen molar-refractivity contribution < 1.29 is 14.4 Å². The SMILES string of the molecule is Cc1ccc(OCc2cnoc2)c(C#CCO)c1. The van der Waals surface area contributed by atoms with E-state index in [-0.39, 0.29) is 6.61 Å². The Kier molecular flexibility index (Phi) is 4.00. The number of aliphatic hydroxyl groups is 1. The van der Waals surface area contributed by atoms with E-state index in [0.717, 1.165) is 16.7 Å². The highest BCUT2D eigenvalue weighted by Crippen LogP contribution is 2.20. The van der Waals surface area contributed by atoms with Crippen molar-refractivity contribution in [2.24, 2.45) is 0 Å². The molecule has 0 aliphatic rings. The summed E-state index contributed by atoms with van der Waals surface area (Å²) in [4.78, 5) is 0. The van der Waals surface area contributed by atoms with E-state index in [9.17, 15) is 0 Å². The van der Waals surface area contributed by atoms with Crippen LogP contribution in [0.5, 0.6) is 5.75 Å². The standard InChI is InChI=1S/C14H13NO3/c1-11-4-5-14(13(7-11)3-2-6-16)17-9-12-8-15-18-10-12/h4-5,7-8,10,16H,6,9H2,1H3. The molecule has 18 heavy (non-hydrogen) atoms. The van der Waals surface area contributed by atoms with Crippen molar-refractivity contribution in [1.29, 1.82) is 0 Å². The fourth-order valence-electron chi connectivity index (χ4n) is 1.46. The van der Waals surface area contributed by atoms with Gasteiger partial charge >= 0.3 is 0 Å². The fourth-order valence-corrected chi connectivity index (χ4v) is 1.46. The summed E-state index contributed by atoms with van der Waals surface area (Å²) in [7, 11) is 0. The molecule has 1 aromatic carbocycles. The van der Waals surface area contributed by atoms with E-state index < -0.39 is 0 Å². The quantitative estimate of drug-likeness (QED) is 0.836. The lowest BCUT2D eigenvalue weighted by atomic mass is 10.1. The normalized spacial score (nSPS) is 9.67. The molecule has 0 bridgehead atoms. The van der Waals surface area contributed by atoms with Crippen LogP contribution in [-0.2, 0) is 6.61 Å². The average Bonchev–Trinajstić information content (AvgIpc) is 2.88. The molecule has 0 saturated heterocycles. The summed E-state index contributed by atoms with van der Waals surface area (Å²) >= 11 is 0. The predicted molar refractivity (Wildman–Crippen MR) is 66.0 cm³/mol. The molecule has 0 saturated carbocycles. The van der Waals surface area contributed by atoms with Gasteiger partial charge in [-0.1, -0.05) is 23.1 Å². The first-order valence-electron chi connectivity index (χ1n) is 5.51. The maximum absolute atomic E-state index is 8.73. The third-order valence-electron chi connectivity index (χ3n) is 2.31. The van der Waals surface area contributed by atoms with Crippen molar-refractivity contribution in [3.05, 3.63) is 47.3 Å². The highest BCUT2D eigenvalue weighted by atomic mass is 16.5. The number of ether oxygens (including phenoxy) is 1. The number of nitrogens with zero attached hydrogens (tertiary/aromatic N) is 1. The van der Waals surface area contributed by atoms with E-state index in [4.69, 9.17) is 14.4 Å². The predicted octanol–water partition coefficient (Wildman–Crippen LogP) is 1.91. The zero-order valence-electron chi connectivity index (χ0n) is 10.0. The Morgan fingerprint density at radius 2 is 2.33 bits per heavy atom. The van der Waals surface area contributed by atoms with Crippen molar-refractivity contribution in [1.82, 2.24) is 5.16 Å². The van der Waals surface area contributed by atoms with Gasteiger partial charge in [0.2, 0.25) is 0 Å². The van der Waals surface area contributed by atoms with E-state index in [2.05, 4.69) is 17.0 Å². The molecule has 0 spiro atoms. The van der Waals surface area contributed by atoms with Gasteiger partial charge in [-0.15, -0.1) is 0 Å². The Hall–Kier alpha value is -2.25. The molecule has 1 N–H and O–H groups in total. The molecule has 4 nitrogen and oxygen atoms in total. The zero-order chi connectivity index (χ0) is 12.8. The highest BCUT2D eigenvalue weighted by molar-refractivity contribution is 5.48. The molecule has 0 amide bonds. The van der Waals surface area contributed by atoms with Crippen LogP contribution in [0.1, 0.15) is 16.7 Å². The summed E-state index contributed by atoms with van der Waals surface area (Å²) in [6, 6.07) is 5.74. The molecule has 0 aliphatic carbocycles. The third-order valence-corrected chi connectivity index (χ3v) is 2.31. The lowest BCUT2D eigenvalue weighted by Crippen LogP contribution is -1.96. The summed E-state index contributed by atoms with van der Waals surface area (Å²) in [5.41, 5.74) is 2.71. The topological polar surface area (TPSA) is 55.5 Å². The van der Waals surface area contributed by atoms with Crippen LogP contribution < -0.4 is 4.74 Å². The van der Waals surface area contributed by atoms with Crippen molar-refractivity contribution in [3.8, 4) is 17.6 Å². The fraction of sp³-hybridized carbons (Fsp3) is 0.214. The molecule has 0 atom stereocenters. The molecule has 92 valence electrons. The van der Waals surface area contributed by atoms with Crippen LogP contribution in [0.15, 0.2) is 35.2 Å². The number of rotatable bonds is 3. The van der Waals surface area contributed by atoms with Gasteiger partial charge in [-0.3, -0.25) is 0 Å². The number of hydrogen-bond donors (Lipinski definition) is 1. The van der Waals surface area contributed by atoms with Gasteiger partial charge in [0.15, 0.2) is 0 Å². The van der Waals surface area contributed by atoms with E-state index >= 15 is 0 Å². The lowest BCUT2D eigenvalue weighted by Gasteiger charge is -2.07. The maximum Gasteiger partial charge on any atom is 0.135 e. The van der Waals surface area contributed by atoms with E-state index in [1.54, 1.807) is 6.20 Å². The molecule has 1 aromatic heterocycles. The van der Waals surface area contributed by atoms with Gasteiger partial charge in [0.05, 0.1) is 11.8 Å². The summed E-state index contributed by atoms with van der Waals surface area (Å²) < 4.78 is 10.4. The molecular formula is C14H13NO3. The summed E-state index contributed by atoms with van der Waals surface area (Å²) in [5.74, 6) is 6.17. The minimum atomic E-state index is -0.168. The second-order valence-electron chi connectivity index (χ2n) is 3.78. The molecule has 0 unspecified atom stereocenters. The van der Waals surface area contributed by atoms with Gasteiger partial charge in [-0.2, -0.15) is 0 Å². The largest absolute Gasteiger partial charge is 0.487 e. The Morgan fingerprint density at radius 3 is 3.06 bits per heavy atom. The number of aliphatic hydroxyl groups excluding tert-OH is 1. The Labute approximate surface area is 105 Å². The van der Waals surface area contributed by atoms with E-state index in [0.29, 0.717) is 12.4 Å². The number of aromatic nitrogens is 1. The van der Waals surface area contributed by atoms with Gasteiger partial charge in [0.1, 0.15) is 25.2 Å². The van der Waals surface area contributed by atoms with Crippen LogP contribution in [0.25, 0.3) is 0 Å². The highest BCUT2D eigenvalue weighted by Gasteiger charge is 2.03. The van der Waals surface area contributed by atoms with Crippen molar-refractivity contribution in [3.63, 3.8) is 0 Å². The molecular weight excluding hydrogens is 230 g/mol. The Balaban J connectivity index is 2.16. The van der Waals surface area contributed by atoms with Gasteiger partial charge in [-0.05, 0) is 24.6 Å². The maximum atomic E-state index is 8.73. The van der Waals surface area contributed by atoms with Gasteiger partial charge in [-0.25, -0.2) is 0 Å². The molecule has 2 rings (SSSR count). The Bertz CT molecular complexity index is 564. The second-order valence-corrected chi connectivity index (χ2v) is 3.78. The van der Waals surface area contributed by atoms with Crippen LogP contribution >= 0.6 is 0 Å². The number of benzene rings is 1. The molecule has 2 aromatic rings. The van der Waals surface area contributed by atoms with Crippen molar-refractivity contribution >= 4 is 0 Å². The molecule has 4 heteroatoms. The lowest BCUT2D eigenvalue weighted by molar-refractivity contribution is 0.303. The zero-order valence-corrected chi connectivity index (χ0v) is 10.0. The van der Waals surface area contributed by atoms with Crippen LogP contribution in [0, 0.1) is 18.8 Å². The number of aryl methyl sites for hydroxylation is 1. The third kappa shape index (κ3) is 3.12. The van der Waals surface area contributed by atoms with Crippen molar-refractivity contribution in [2.75, 3.05) is 6.61 Å². The Morgan fingerprint density at radius 1 is 1.44 bits per heavy atom. The summed E-state index contributed by atoms with van der Waals surface area (Å²) in [5, 5.41) is 12.3. The minimum absolute atomic E-state index is 0.168. The summed E-state index contributed by atoms with van der Waals surface area (Å²) in [6.07, 6.45) is 3.14. The van der Waals surface area contributed by atoms with Crippen LogP contribution in [-0.4, -0.2) is 16.9 Å².